The van der Waals surface area contributed by atoms with Crippen LogP contribution in [0.1, 0.15) is 6.92 Å². The molecule has 0 aliphatic heterocycles. The second-order valence-electron chi connectivity index (χ2n) is 3.07. The van der Waals surface area contributed by atoms with Gasteiger partial charge >= 0.3 is 103 Å². The van der Waals surface area contributed by atoms with Crippen LogP contribution in [0.25, 0.3) is 0 Å². The molecule has 0 atom stereocenters. The van der Waals surface area contributed by atoms with Crippen LogP contribution in [0.4, 0.5) is 4.79 Å². The van der Waals surface area contributed by atoms with Crippen LogP contribution >= 0.6 is 27.5 Å². The van der Waals surface area contributed by atoms with Gasteiger partial charge in [0.25, 0.3) is 0 Å². The van der Waals surface area contributed by atoms with Crippen molar-refractivity contribution >= 4 is 33.7 Å². The molecule has 0 saturated heterocycles. The maximum absolute atomic E-state index is 8.33. The normalized spacial score (nSPS) is 7.95. The Morgan fingerprint density at radius 2 is 1.89 bits per heavy atom. The molecule has 0 saturated carbocycles. The monoisotopic (exact) mass is 398 g/mol. The van der Waals surface area contributed by atoms with Gasteiger partial charge in [0.05, 0.1) is 5.02 Å². The SMILES string of the molecule is C=C(C)COc1ccc(Br)cc1Cl.O=C([O-])[O-].[K+].[K+]. The molecule has 0 bridgehead atoms. The average Bonchev–Trinajstić information content (AvgIpc) is 2.15. The van der Waals surface area contributed by atoms with Crippen molar-refractivity contribution in [2.45, 2.75) is 6.92 Å². The van der Waals surface area contributed by atoms with E-state index in [9.17, 15) is 0 Å². The summed E-state index contributed by atoms with van der Waals surface area (Å²) in [5.74, 6) is 0.688. The van der Waals surface area contributed by atoms with E-state index in [1.165, 1.54) is 0 Å². The molecule has 0 aliphatic rings. The van der Waals surface area contributed by atoms with E-state index in [0.29, 0.717) is 17.4 Å². The Morgan fingerprint density at radius 3 is 2.26 bits per heavy atom. The van der Waals surface area contributed by atoms with E-state index in [0.717, 1.165) is 10.0 Å². The number of carbonyl (C=O) groups excluding carboxylic acids is 1. The third kappa shape index (κ3) is 16.3. The summed E-state index contributed by atoms with van der Waals surface area (Å²) in [6.07, 6.45) is -2.33. The third-order valence-corrected chi connectivity index (χ3v) is 2.16. The van der Waals surface area contributed by atoms with E-state index in [-0.39, 0.29) is 103 Å². The van der Waals surface area contributed by atoms with Crippen LogP contribution in [-0.4, -0.2) is 12.8 Å². The van der Waals surface area contributed by atoms with Crippen molar-refractivity contribution in [3.05, 3.63) is 39.8 Å². The standard InChI is InChI=1S/C10H10BrClO.CH2O3.2K/c1-7(2)6-13-10-4-3-8(11)5-9(10)12;2-1(3)4;;/h3-5H,1,6H2,2H3;(H2,2,3,4);;/q;;2*+1/p-2. The molecule has 19 heavy (non-hydrogen) atoms. The summed E-state index contributed by atoms with van der Waals surface area (Å²) in [7, 11) is 0. The molecule has 0 aromatic heterocycles. The van der Waals surface area contributed by atoms with E-state index in [1.54, 1.807) is 6.07 Å². The van der Waals surface area contributed by atoms with Crippen molar-refractivity contribution in [1.82, 2.24) is 0 Å². The number of benzene rings is 1. The molecule has 0 fully saturated rings. The molecule has 0 radical (unpaired) electrons. The topological polar surface area (TPSA) is 72.4 Å². The number of halogens is 2. The molecule has 8 heteroatoms. The zero-order chi connectivity index (χ0) is 13.4. The molecule has 0 amide bonds. The van der Waals surface area contributed by atoms with Gasteiger partial charge in [-0.2, -0.15) is 0 Å². The van der Waals surface area contributed by atoms with Gasteiger partial charge in [0, 0.05) is 4.47 Å². The number of hydrogen-bond donors (Lipinski definition) is 0. The molecule has 0 N–H and O–H groups in total. The Morgan fingerprint density at radius 1 is 1.42 bits per heavy atom. The first-order valence-corrected chi connectivity index (χ1v) is 5.60. The minimum absolute atomic E-state index is 0. The fourth-order valence-corrected chi connectivity index (χ4v) is 1.52. The summed E-state index contributed by atoms with van der Waals surface area (Å²) < 4.78 is 6.35. The van der Waals surface area contributed by atoms with Crippen molar-refractivity contribution in [2.75, 3.05) is 6.61 Å². The molecule has 0 unspecified atom stereocenters. The van der Waals surface area contributed by atoms with Crippen LogP contribution in [0.5, 0.6) is 5.75 Å². The first kappa shape index (κ1) is 26.0. The summed E-state index contributed by atoms with van der Waals surface area (Å²) >= 11 is 9.25. The van der Waals surface area contributed by atoms with E-state index in [4.69, 9.17) is 31.3 Å². The number of carboxylic acid groups (broad SMARTS) is 2. The maximum atomic E-state index is 8.33. The molecular weight excluding hydrogens is 390 g/mol. The maximum Gasteiger partial charge on any atom is 1.00 e. The summed E-state index contributed by atoms with van der Waals surface area (Å²) in [5, 5.41) is 17.3. The molecule has 1 rings (SSSR count). The largest absolute Gasteiger partial charge is 1.00 e. The second-order valence-corrected chi connectivity index (χ2v) is 4.39. The van der Waals surface area contributed by atoms with Crippen molar-refractivity contribution in [3.8, 4) is 5.75 Å². The number of rotatable bonds is 3. The van der Waals surface area contributed by atoms with Crippen LogP contribution in [0, 0.1) is 0 Å². The van der Waals surface area contributed by atoms with Gasteiger partial charge in [-0.25, -0.2) is 0 Å². The predicted molar refractivity (Wildman–Crippen MR) is 64.9 cm³/mol. The summed E-state index contributed by atoms with van der Waals surface area (Å²) in [6.45, 7) is 6.15. The van der Waals surface area contributed by atoms with E-state index in [2.05, 4.69) is 22.5 Å². The first-order chi connectivity index (χ1) is 7.82. The number of ether oxygens (including phenoxy) is 1. The van der Waals surface area contributed by atoms with Crippen molar-refractivity contribution in [3.63, 3.8) is 0 Å². The Hall–Kier alpha value is 2.07. The molecule has 0 heterocycles. The second kappa shape index (κ2) is 15.0. The van der Waals surface area contributed by atoms with Crippen LogP contribution < -0.4 is 118 Å². The number of carbonyl (C=O) groups is 1. The van der Waals surface area contributed by atoms with Gasteiger partial charge in [-0.3, -0.25) is 0 Å². The molecule has 1 aromatic rings. The molecule has 4 nitrogen and oxygen atoms in total. The fourth-order valence-electron chi connectivity index (χ4n) is 0.793. The van der Waals surface area contributed by atoms with Crippen molar-refractivity contribution < 1.29 is 123 Å². The molecule has 0 aliphatic carbocycles. The summed E-state index contributed by atoms with van der Waals surface area (Å²) in [4.78, 5) is 8.33. The van der Waals surface area contributed by atoms with Crippen molar-refractivity contribution in [1.29, 1.82) is 0 Å². The Kier molecular flexibility index (Phi) is 20.5. The predicted octanol–water partition coefficient (Wildman–Crippen LogP) is -4.38. The van der Waals surface area contributed by atoms with Crippen LogP contribution in [-0.2, 0) is 0 Å². The Balaban J connectivity index is -0.000000379. The van der Waals surface area contributed by atoms with Crippen LogP contribution in [0.3, 0.4) is 0 Å². The summed E-state index contributed by atoms with van der Waals surface area (Å²) in [5.41, 5.74) is 0.971. The average molecular weight is 400 g/mol. The van der Waals surface area contributed by atoms with Gasteiger partial charge in [-0.1, -0.05) is 34.1 Å². The fraction of sp³-hybridized carbons (Fsp3) is 0.182. The minimum Gasteiger partial charge on any atom is -0.652 e. The third-order valence-electron chi connectivity index (χ3n) is 1.37. The summed E-state index contributed by atoms with van der Waals surface area (Å²) in [6, 6.07) is 5.52. The smallest absolute Gasteiger partial charge is 0.652 e. The zero-order valence-corrected chi connectivity index (χ0v) is 19.6. The van der Waals surface area contributed by atoms with Gasteiger partial charge < -0.3 is 19.7 Å². The number of hydrogen-bond acceptors (Lipinski definition) is 4. The molecule has 94 valence electrons. The van der Waals surface area contributed by atoms with Crippen LogP contribution in [0.15, 0.2) is 34.8 Å². The van der Waals surface area contributed by atoms with Gasteiger partial charge in [0.15, 0.2) is 0 Å². The Labute approximate surface area is 210 Å². The van der Waals surface area contributed by atoms with Gasteiger partial charge in [0.2, 0.25) is 0 Å². The first-order valence-electron chi connectivity index (χ1n) is 4.43. The molecule has 1 aromatic carbocycles. The van der Waals surface area contributed by atoms with E-state index >= 15 is 0 Å². The molecular formula is C11H10BrClK2O4. The van der Waals surface area contributed by atoms with Gasteiger partial charge in [-0.15, -0.1) is 0 Å². The zero-order valence-electron chi connectivity index (χ0n) is 11.0. The van der Waals surface area contributed by atoms with Crippen LogP contribution in [0.2, 0.25) is 5.02 Å². The van der Waals surface area contributed by atoms with E-state index < -0.39 is 6.16 Å². The van der Waals surface area contributed by atoms with E-state index in [1.807, 2.05) is 19.1 Å². The minimum atomic E-state index is -2.33. The van der Waals surface area contributed by atoms with Crippen molar-refractivity contribution in [2.24, 2.45) is 0 Å². The van der Waals surface area contributed by atoms with Gasteiger partial charge in [-0.05, 0) is 36.9 Å². The quantitative estimate of drug-likeness (QED) is 0.380. The Bertz CT molecular complexity index is 412. The van der Waals surface area contributed by atoms with Gasteiger partial charge in [0.1, 0.15) is 12.4 Å². The molecule has 0 spiro atoms.